The lowest BCUT2D eigenvalue weighted by Crippen LogP contribution is -2.14. The summed E-state index contributed by atoms with van der Waals surface area (Å²) in [6.45, 7) is 1.94. The summed E-state index contributed by atoms with van der Waals surface area (Å²) in [5.41, 5.74) is 5.00. The highest BCUT2D eigenvalue weighted by Crippen LogP contribution is 2.30. The molecule has 0 saturated heterocycles. The predicted molar refractivity (Wildman–Crippen MR) is 114 cm³/mol. The fraction of sp³-hybridized carbons (Fsp3) is 0.0455. The molecule has 29 heavy (non-hydrogen) atoms. The van der Waals surface area contributed by atoms with Gasteiger partial charge in [-0.3, -0.25) is 14.9 Å². The maximum absolute atomic E-state index is 13.0. The van der Waals surface area contributed by atoms with Crippen LogP contribution in [0.5, 0.6) is 0 Å². The smallest absolute Gasteiger partial charge is 0.280 e. The minimum Gasteiger partial charge on any atom is -0.306 e. The molecule has 3 heterocycles. The van der Waals surface area contributed by atoms with Gasteiger partial charge in [-0.2, -0.15) is 0 Å². The van der Waals surface area contributed by atoms with Gasteiger partial charge in [0.1, 0.15) is 0 Å². The number of hydrogen-bond donors (Lipinski definition) is 1. The van der Waals surface area contributed by atoms with Crippen molar-refractivity contribution in [2.75, 3.05) is 0 Å². The van der Waals surface area contributed by atoms with Crippen molar-refractivity contribution in [2.45, 2.75) is 6.92 Å². The third-order valence-corrected chi connectivity index (χ3v) is 5.20. The van der Waals surface area contributed by atoms with Gasteiger partial charge in [0.25, 0.3) is 5.56 Å². The number of aromatic nitrogens is 5. The predicted octanol–water partition coefficient (Wildman–Crippen LogP) is 4.53. The van der Waals surface area contributed by atoms with Crippen molar-refractivity contribution in [1.29, 1.82) is 0 Å². The summed E-state index contributed by atoms with van der Waals surface area (Å²) < 4.78 is 3.46. The summed E-state index contributed by atoms with van der Waals surface area (Å²) in [5.74, 6) is 0. The van der Waals surface area contributed by atoms with Gasteiger partial charge in [-0.05, 0) is 48.9 Å². The average Bonchev–Trinajstić information content (AvgIpc) is 3.37. The first-order valence-electron chi connectivity index (χ1n) is 9.07. The first kappa shape index (κ1) is 17.5. The Labute approximate surface area is 171 Å². The van der Waals surface area contributed by atoms with Crippen molar-refractivity contribution in [2.24, 2.45) is 0 Å². The number of nitrogens with one attached hydrogen (secondary N) is 1. The first-order chi connectivity index (χ1) is 14.1. The molecule has 3 aromatic heterocycles. The number of benzene rings is 2. The van der Waals surface area contributed by atoms with Gasteiger partial charge < -0.3 is 4.57 Å². The van der Waals surface area contributed by atoms with Gasteiger partial charge in [0.15, 0.2) is 0 Å². The van der Waals surface area contributed by atoms with Crippen LogP contribution in [-0.2, 0) is 0 Å². The number of halogens is 1. The molecule has 5 rings (SSSR count). The number of H-pyrrole nitrogens is 1. The van der Waals surface area contributed by atoms with E-state index in [1.54, 1.807) is 43.0 Å². The van der Waals surface area contributed by atoms with Crippen LogP contribution in [0.3, 0.4) is 0 Å². The van der Waals surface area contributed by atoms with Crippen molar-refractivity contribution in [3.63, 3.8) is 0 Å². The molecule has 0 bridgehead atoms. The van der Waals surface area contributed by atoms with Crippen LogP contribution < -0.4 is 5.56 Å². The van der Waals surface area contributed by atoms with Crippen molar-refractivity contribution in [3.8, 4) is 22.5 Å². The number of pyridine rings is 1. The summed E-state index contributed by atoms with van der Waals surface area (Å²) in [4.78, 5) is 21.6. The van der Waals surface area contributed by atoms with E-state index in [2.05, 4.69) is 21.1 Å². The zero-order valence-corrected chi connectivity index (χ0v) is 16.3. The van der Waals surface area contributed by atoms with Crippen molar-refractivity contribution in [1.82, 2.24) is 24.3 Å². The van der Waals surface area contributed by atoms with Gasteiger partial charge in [0.05, 0.1) is 22.9 Å². The molecule has 0 radical (unpaired) electrons. The molecule has 0 amide bonds. The molecule has 2 aromatic carbocycles. The third kappa shape index (κ3) is 2.94. The molecule has 0 fully saturated rings. The van der Waals surface area contributed by atoms with Crippen molar-refractivity contribution < 1.29 is 0 Å². The molecule has 0 aliphatic carbocycles. The number of aryl methyl sites for hydroxylation is 1. The van der Waals surface area contributed by atoms with E-state index in [9.17, 15) is 4.79 Å². The Hall–Kier alpha value is -3.64. The van der Waals surface area contributed by atoms with Gasteiger partial charge >= 0.3 is 0 Å². The fourth-order valence-corrected chi connectivity index (χ4v) is 3.65. The Kier molecular flexibility index (Phi) is 4.07. The van der Waals surface area contributed by atoms with Crippen LogP contribution in [0.2, 0.25) is 5.02 Å². The summed E-state index contributed by atoms with van der Waals surface area (Å²) in [7, 11) is 0. The Morgan fingerprint density at radius 2 is 1.90 bits per heavy atom. The second-order valence-electron chi connectivity index (χ2n) is 6.76. The number of rotatable bonds is 3. The van der Waals surface area contributed by atoms with Crippen molar-refractivity contribution >= 4 is 22.5 Å². The second-order valence-corrected chi connectivity index (χ2v) is 7.19. The minimum absolute atomic E-state index is 0.151. The molecule has 142 valence electrons. The normalized spacial score (nSPS) is 11.2. The van der Waals surface area contributed by atoms with Crippen LogP contribution in [0.4, 0.5) is 0 Å². The molecule has 0 spiro atoms. The van der Waals surface area contributed by atoms with E-state index in [0.717, 1.165) is 28.0 Å². The van der Waals surface area contributed by atoms with E-state index in [1.165, 1.54) is 4.68 Å². The van der Waals surface area contributed by atoms with Crippen molar-refractivity contribution in [3.05, 3.63) is 94.5 Å². The maximum atomic E-state index is 13.0. The molecule has 0 saturated carbocycles. The number of nitrogens with zero attached hydrogens (tertiary/aromatic N) is 4. The van der Waals surface area contributed by atoms with Gasteiger partial charge in [0.2, 0.25) is 0 Å². The summed E-state index contributed by atoms with van der Waals surface area (Å²) in [5, 5.41) is 4.42. The van der Waals surface area contributed by atoms with Crippen LogP contribution in [0, 0.1) is 6.92 Å². The van der Waals surface area contributed by atoms with E-state index in [-0.39, 0.29) is 5.56 Å². The van der Waals surface area contributed by atoms with Crippen LogP contribution in [-0.4, -0.2) is 24.3 Å². The highest BCUT2D eigenvalue weighted by molar-refractivity contribution is 6.30. The quantitative estimate of drug-likeness (QED) is 0.483. The van der Waals surface area contributed by atoms with Gasteiger partial charge in [-0.25, -0.2) is 9.67 Å². The molecule has 0 atom stereocenters. The molecule has 6 nitrogen and oxygen atoms in total. The Morgan fingerprint density at radius 3 is 2.66 bits per heavy atom. The van der Waals surface area contributed by atoms with Crippen LogP contribution in [0.15, 0.2) is 78.2 Å². The molecule has 5 aromatic rings. The van der Waals surface area contributed by atoms with E-state index in [4.69, 9.17) is 11.6 Å². The number of imidazole rings is 1. The zero-order chi connectivity index (χ0) is 20.0. The zero-order valence-electron chi connectivity index (χ0n) is 15.5. The molecule has 0 aliphatic rings. The highest BCUT2D eigenvalue weighted by atomic mass is 35.5. The summed E-state index contributed by atoms with van der Waals surface area (Å²) in [6.07, 6.45) is 7.01. The lowest BCUT2D eigenvalue weighted by Gasteiger charge is -2.09. The molecular formula is C22H16ClN5O. The number of aromatic amines is 1. The van der Waals surface area contributed by atoms with Gasteiger partial charge in [-0.15, -0.1) is 0 Å². The second kappa shape index (κ2) is 6.76. The van der Waals surface area contributed by atoms with E-state index in [1.807, 2.05) is 35.9 Å². The maximum Gasteiger partial charge on any atom is 0.280 e. The molecule has 0 aliphatic heterocycles. The molecule has 1 N–H and O–H groups in total. The van der Waals surface area contributed by atoms with Gasteiger partial charge in [-0.1, -0.05) is 23.7 Å². The molecular weight excluding hydrogens is 386 g/mol. The minimum atomic E-state index is -0.151. The highest BCUT2D eigenvalue weighted by Gasteiger charge is 2.16. The van der Waals surface area contributed by atoms with Crippen LogP contribution in [0.25, 0.3) is 33.4 Å². The summed E-state index contributed by atoms with van der Waals surface area (Å²) in [6, 6.07) is 15.2. The average molecular weight is 402 g/mol. The molecule has 0 unspecified atom stereocenters. The number of fused-ring (bicyclic) bond motifs is 1. The lowest BCUT2D eigenvalue weighted by molar-refractivity contribution is 0.864. The van der Waals surface area contributed by atoms with Gasteiger partial charge in [0, 0.05) is 40.6 Å². The first-order valence-corrected chi connectivity index (χ1v) is 9.44. The third-order valence-electron chi connectivity index (χ3n) is 4.95. The monoisotopic (exact) mass is 401 g/mol. The summed E-state index contributed by atoms with van der Waals surface area (Å²) >= 11 is 5.99. The Morgan fingerprint density at radius 1 is 1.07 bits per heavy atom. The lowest BCUT2D eigenvalue weighted by atomic mass is 10.0. The van der Waals surface area contributed by atoms with Crippen LogP contribution in [0.1, 0.15) is 5.69 Å². The standard InChI is InChI=1S/C22H16ClN5O/c1-14-20(15-3-2-4-18(11-15)27-10-9-24-13-27)21-19(12-25-14)22(29)28(26-21)17-7-5-16(23)6-8-17/h2-13,26H,1H3. The Balaban J connectivity index is 1.74. The Bertz CT molecular complexity index is 1380. The number of hydrogen-bond acceptors (Lipinski definition) is 3. The molecule has 7 heteroatoms. The SMILES string of the molecule is Cc1ncc2c(=O)n(-c3ccc(Cl)cc3)[nH]c2c1-c1cccc(-n2ccnc2)c1. The van der Waals surface area contributed by atoms with E-state index >= 15 is 0 Å². The fourth-order valence-electron chi connectivity index (χ4n) is 3.53. The topological polar surface area (TPSA) is 68.5 Å². The van der Waals surface area contributed by atoms with E-state index in [0.29, 0.717) is 16.1 Å². The van der Waals surface area contributed by atoms with E-state index < -0.39 is 0 Å². The van der Waals surface area contributed by atoms with Crippen LogP contribution >= 0.6 is 11.6 Å². The largest absolute Gasteiger partial charge is 0.306 e.